The van der Waals surface area contributed by atoms with E-state index in [9.17, 15) is 28.8 Å². The van der Waals surface area contributed by atoms with Gasteiger partial charge in [0, 0.05) is 44.0 Å². The topological polar surface area (TPSA) is 142 Å². The maximum Gasteiger partial charge on any atom is 0.407 e. The maximum absolute atomic E-state index is 13.1. The van der Waals surface area contributed by atoms with Crippen LogP contribution in [0.25, 0.3) is 0 Å². The molecule has 11 heteroatoms. The molecule has 1 atom stereocenters. The summed E-state index contributed by atoms with van der Waals surface area (Å²) in [5.74, 6) is 3.71. The predicted octanol–water partition coefficient (Wildman–Crippen LogP) is 2.13. The average Bonchev–Trinajstić information content (AvgIpc) is 3.13. The summed E-state index contributed by atoms with van der Waals surface area (Å²) in [6.07, 6.45) is 2.29. The Kier molecular flexibility index (Phi) is 8.57. The van der Waals surface area contributed by atoms with Crippen molar-refractivity contribution < 1.29 is 33.5 Å². The molecule has 0 aromatic heterocycles. The molecule has 3 aliphatic rings. The number of rotatable bonds is 5. The summed E-state index contributed by atoms with van der Waals surface area (Å²) in [5.41, 5.74) is 0.161. The first-order chi connectivity index (χ1) is 18.9. The van der Waals surface area contributed by atoms with E-state index in [0.717, 1.165) is 4.90 Å². The molecule has 2 fully saturated rings. The van der Waals surface area contributed by atoms with Crippen LogP contribution in [-0.4, -0.2) is 76.2 Å². The van der Waals surface area contributed by atoms with Gasteiger partial charge in [-0.1, -0.05) is 17.9 Å². The molecular weight excluding hydrogens is 516 g/mol. The van der Waals surface area contributed by atoms with Crippen LogP contribution < -0.4 is 10.6 Å². The SMILES string of the molecule is CC(C)(C)OC(=O)NC1CCN(C(=O)CCCC#Cc2cccc3c2C(=O)N(C2CCC(=O)NC2=O)C3=O)CC1. The molecule has 2 saturated heterocycles. The number of ether oxygens (including phenoxy) is 1. The molecule has 11 nitrogen and oxygen atoms in total. The molecule has 2 N–H and O–H groups in total. The molecule has 1 aromatic carbocycles. The lowest BCUT2D eigenvalue weighted by molar-refractivity contribution is -0.136. The Balaban J connectivity index is 1.26. The molecule has 0 bridgehead atoms. The summed E-state index contributed by atoms with van der Waals surface area (Å²) in [6.45, 7) is 6.54. The van der Waals surface area contributed by atoms with Gasteiger partial charge in [0.05, 0.1) is 11.1 Å². The number of amides is 6. The van der Waals surface area contributed by atoms with Crippen molar-refractivity contribution in [3.63, 3.8) is 0 Å². The Morgan fingerprint density at radius 2 is 1.80 bits per heavy atom. The second kappa shape index (κ2) is 11.9. The minimum Gasteiger partial charge on any atom is -0.444 e. The van der Waals surface area contributed by atoms with Crippen LogP contribution in [0.3, 0.4) is 0 Å². The molecule has 4 rings (SSSR count). The van der Waals surface area contributed by atoms with E-state index in [4.69, 9.17) is 4.74 Å². The molecule has 0 saturated carbocycles. The van der Waals surface area contributed by atoms with Crippen LogP contribution in [-0.2, 0) is 19.1 Å². The number of likely N-dealkylation sites (tertiary alicyclic amines) is 1. The van der Waals surface area contributed by atoms with E-state index in [1.807, 2.05) is 20.8 Å². The van der Waals surface area contributed by atoms with Gasteiger partial charge in [-0.15, -0.1) is 0 Å². The average molecular weight is 551 g/mol. The number of carbonyl (C=O) groups is 6. The number of fused-ring (bicyclic) bond motifs is 1. The van der Waals surface area contributed by atoms with Gasteiger partial charge in [-0.05, 0) is 58.6 Å². The van der Waals surface area contributed by atoms with Crippen LogP contribution >= 0.6 is 0 Å². The number of carbonyl (C=O) groups excluding carboxylic acids is 6. The van der Waals surface area contributed by atoms with Crippen molar-refractivity contribution in [3.8, 4) is 11.8 Å². The largest absolute Gasteiger partial charge is 0.444 e. The number of unbranched alkanes of at least 4 members (excludes halogenated alkanes) is 1. The van der Waals surface area contributed by atoms with Crippen LogP contribution in [0, 0.1) is 11.8 Å². The minimum atomic E-state index is -1.03. The number of hydrogen-bond acceptors (Lipinski definition) is 7. The number of piperidine rings is 2. The number of hydrogen-bond donors (Lipinski definition) is 2. The minimum absolute atomic E-state index is 0.0266. The van der Waals surface area contributed by atoms with E-state index in [2.05, 4.69) is 22.5 Å². The van der Waals surface area contributed by atoms with Gasteiger partial charge >= 0.3 is 6.09 Å². The highest BCUT2D eigenvalue weighted by atomic mass is 16.6. The van der Waals surface area contributed by atoms with E-state index in [0.29, 0.717) is 50.8 Å². The van der Waals surface area contributed by atoms with Gasteiger partial charge in [0.15, 0.2) is 0 Å². The molecule has 212 valence electrons. The molecule has 3 aliphatic heterocycles. The lowest BCUT2D eigenvalue weighted by atomic mass is 10.0. The van der Waals surface area contributed by atoms with E-state index in [-0.39, 0.29) is 35.9 Å². The summed E-state index contributed by atoms with van der Waals surface area (Å²) in [7, 11) is 0. The third kappa shape index (κ3) is 6.68. The van der Waals surface area contributed by atoms with Gasteiger partial charge in [-0.25, -0.2) is 4.79 Å². The summed E-state index contributed by atoms with van der Waals surface area (Å²) in [5, 5.41) is 5.04. The van der Waals surface area contributed by atoms with Gasteiger partial charge in [0.2, 0.25) is 17.7 Å². The molecule has 0 aliphatic carbocycles. The smallest absolute Gasteiger partial charge is 0.407 e. The number of nitrogens with one attached hydrogen (secondary N) is 2. The molecular formula is C29H34N4O7. The zero-order valence-corrected chi connectivity index (χ0v) is 23.0. The Hall–Kier alpha value is -4.20. The second-order valence-electron chi connectivity index (χ2n) is 11.1. The first kappa shape index (κ1) is 28.8. The summed E-state index contributed by atoms with van der Waals surface area (Å²) < 4.78 is 5.29. The van der Waals surface area contributed by atoms with Gasteiger partial charge in [-0.2, -0.15) is 0 Å². The third-order valence-electron chi connectivity index (χ3n) is 6.95. The van der Waals surface area contributed by atoms with Gasteiger partial charge in [0.25, 0.3) is 11.8 Å². The first-order valence-electron chi connectivity index (χ1n) is 13.6. The fraction of sp³-hybridized carbons (Fsp3) is 0.517. The summed E-state index contributed by atoms with van der Waals surface area (Å²) >= 11 is 0. The third-order valence-corrected chi connectivity index (χ3v) is 6.95. The Morgan fingerprint density at radius 1 is 1.07 bits per heavy atom. The number of nitrogens with zero attached hydrogens (tertiary/aromatic N) is 2. The molecule has 3 heterocycles. The number of alkyl carbamates (subject to hydrolysis) is 1. The lowest BCUT2D eigenvalue weighted by Gasteiger charge is -2.33. The standard InChI is InChI=1S/C29H34N4O7/c1-29(2,3)40-28(39)30-19-14-16-32(17-15-19)23(35)11-6-4-5-8-18-9-7-10-20-24(18)27(38)33(26(20)37)21-12-13-22(34)31-25(21)36/h7,9-10,19,21H,4,6,11-17H2,1-3H3,(H,30,39)(H,31,34,36). The molecule has 1 aromatic rings. The van der Waals surface area contributed by atoms with Crippen molar-refractivity contribution in [2.24, 2.45) is 0 Å². The van der Waals surface area contributed by atoms with Crippen LogP contribution in [0.2, 0.25) is 0 Å². The van der Waals surface area contributed by atoms with E-state index >= 15 is 0 Å². The highest BCUT2D eigenvalue weighted by Crippen LogP contribution is 2.29. The van der Waals surface area contributed by atoms with Crippen molar-refractivity contribution >= 4 is 35.6 Å². The lowest BCUT2D eigenvalue weighted by Crippen LogP contribution is -2.54. The highest BCUT2D eigenvalue weighted by Gasteiger charge is 2.45. The van der Waals surface area contributed by atoms with Crippen molar-refractivity contribution in [3.05, 3.63) is 34.9 Å². The predicted molar refractivity (Wildman–Crippen MR) is 143 cm³/mol. The Morgan fingerprint density at radius 3 is 2.48 bits per heavy atom. The van der Waals surface area contributed by atoms with Crippen LogP contribution in [0.4, 0.5) is 4.79 Å². The molecule has 0 radical (unpaired) electrons. The second-order valence-corrected chi connectivity index (χ2v) is 11.1. The fourth-order valence-corrected chi connectivity index (χ4v) is 5.01. The first-order valence-corrected chi connectivity index (χ1v) is 13.6. The zero-order chi connectivity index (χ0) is 29.0. The van der Waals surface area contributed by atoms with Gasteiger partial charge < -0.3 is 15.0 Å². The maximum atomic E-state index is 13.1. The van der Waals surface area contributed by atoms with Crippen molar-refractivity contribution in [1.29, 1.82) is 0 Å². The Labute approximate surface area is 233 Å². The normalized spacial score (nSPS) is 19.5. The summed E-state index contributed by atoms with van der Waals surface area (Å²) in [6, 6.07) is 3.74. The van der Waals surface area contributed by atoms with Gasteiger partial charge in [0.1, 0.15) is 11.6 Å². The van der Waals surface area contributed by atoms with Crippen LogP contribution in [0.5, 0.6) is 0 Å². The zero-order valence-electron chi connectivity index (χ0n) is 23.0. The highest BCUT2D eigenvalue weighted by molar-refractivity contribution is 6.24. The van der Waals surface area contributed by atoms with Crippen molar-refractivity contribution in [2.45, 2.75) is 83.4 Å². The van der Waals surface area contributed by atoms with Crippen molar-refractivity contribution in [1.82, 2.24) is 20.4 Å². The molecule has 6 amide bonds. The van der Waals surface area contributed by atoms with Crippen molar-refractivity contribution in [2.75, 3.05) is 13.1 Å². The fourth-order valence-electron chi connectivity index (χ4n) is 5.01. The van der Waals surface area contributed by atoms with E-state index in [1.54, 1.807) is 17.0 Å². The summed E-state index contributed by atoms with van der Waals surface area (Å²) in [4.78, 5) is 77.1. The molecule has 1 unspecified atom stereocenters. The quantitative estimate of drug-likeness (QED) is 0.325. The van der Waals surface area contributed by atoms with Gasteiger partial charge in [-0.3, -0.25) is 34.2 Å². The van der Waals surface area contributed by atoms with Crippen LogP contribution in [0.15, 0.2) is 18.2 Å². The number of imide groups is 2. The Bertz CT molecular complexity index is 1300. The molecule has 0 spiro atoms. The molecule has 40 heavy (non-hydrogen) atoms. The van der Waals surface area contributed by atoms with E-state index < -0.39 is 41.4 Å². The van der Waals surface area contributed by atoms with Crippen LogP contribution in [0.1, 0.15) is 92.0 Å². The van der Waals surface area contributed by atoms with E-state index in [1.165, 1.54) is 6.07 Å². The number of benzene rings is 1. The monoisotopic (exact) mass is 550 g/mol.